The minimum Gasteiger partial charge on any atom is -0.480 e. The Balaban J connectivity index is 1.74. The van der Waals surface area contributed by atoms with Gasteiger partial charge in [-0.05, 0) is 50.1 Å². The fourth-order valence-electron chi connectivity index (χ4n) is 3.46. The number of carboxylic acid groups (broad SMARTS) is 1. The van der Waals surface area contributed by atoms with Crippen molar-refractivity contribution in [2.24, 2.45) is 0 Å². The number of aliphatic carboxylic acids is 1. The molecule has 0 amide bonds. The topological polar surface area (TPSA) is 99.6 Å². The van der Waals surface area contributed by atoms with E-state index in [1.807, 2.05) is 18.7 Å². The van der Waals surface area contributed by atoms with Gasteiger partial charge in [0.25, 0.3) is 0 Å². The van der Waals surface area contributed by atoms with Crippen molar-refractivity contribution in [3.05, 3.63) is 36.0 Å². The van der Waals surface area contributed by atoms with Crippen LogP contribution in [-0.4, -0.2) is 54.6 Å². The molecule has 26 heavy (non-hydrogen) atoms. The first-order valence-corrected chi connectivity index (χ1v) is 10.1. The predicted octanol–water partition coefficient (Wildman–Crippen LogP) is 1.76. The van der Waals surface area contributed by atoms with Gasteiger partial charge in [0.15, 0.2) is 0 Å². The van der Waals surface area contributed by atoms with Gasteiger partial charge in [-0.1, -0.05) is 13.0 Å². The van der Waals surface area contributed by atoms with Crippen LogP contribution in [-0.2, 0) is 14.8 Å². The lowest BCUT2D eigenvalue weighted by molar-refractivity contribution is -0.139. The summed E-state index contributed by atoms with van der Waals surface area (Å²) in [5, 5.41) is 9.56. The quantitative estimate of drug-likeness (QED) is 0.763. The number of aryl methyl sites for hydroxylation is 1. The van der Waals surface area contributed by atoms with Gasteiger partial charge in [0, 0.05) is 23.7 Å². The van der Waals surface area contributed by atoms with Crippen molar-refractivity contribution in [1.82, 2.24) is 14.6 Å². The molecule has 1 aliphatic rings. The van der Waals surface area contributed by atoms with Crippen molar-refractivity contribution >= 4 is 26.9 Å². The molecule has 0 bridgehead atoms. The van der Waals surface area contributed by atoms with Crippen LogP contribution in [0.5, 0.6) is 0 Å². The van der Waals surface area contributed by atoms with Gasteiger partial charge >= 0.3 is 5.97 Å². The maximum atomic E-state index is 12.8. The summed E-state index contributed by atoms with van der Waals surface area (Å²) in [4.78, 5) is 17.3. The highest BCUT2D eigenvalue weighted by Crippen LogP contribution is 2.29. The van der Waals surface area contributed by atoms with E-state index >= 15 is 0 Å². The van der Waals surface area contributed by atoms with Crippen LogP contribution < -0.4 is 4.72 Å². The molecule has 0 spiro atoms. The van der Waals surface area contributed by atoms with E-state index in [4.69, 9.17) is 5.11 Å². The molecule has 1 aromatic carbocycles. The van der Waals surface area contributed by atoms with Crippen molar-refractivity contribution < 1.29 is 18.3 Å². The number of benzene rings is 1. The number of fused-ring (bicyclic) bond motifs is 1. The Hall–Kier alpha value is -2.03. The van der Waals surface area contributed by atoms with Crippen LogP contribution in [0.25, 0.3) is 10.9 Å². The third kappa shape index (κ3) is 3.72. The van der Waals surface area contributed by atoms with Gasteiger partial charge < -0.3 is 5.11 Å². The minimum absolute atomic E-state index is 0.0189. The number of aromatic nitrogens is 1. The standard InChI is InChI=1S/C18H23N3O4S/c1-3-21(11-17(22)23)14-9-13(10-14)20-26(24,25)16-7-6-12(2)18-15(16)5-4-8-19-18/h4-8,13-14,20H,3,9-11H2,1-2H3,(H,22,23). The Morgan fingerprint density at radius 2 is 2.08 bits per heavy atom. The first-order valence-electron chi connectivity index (χ1n) is 8.64. The highest BCUT2D eigenvalue weighted by Gasteiger charge is 2.36. The predicted molar refractivity (Wildman–Crippen MR) is 98.5 cm³/mol. The Kier molecular flexibility index (Phi) is 5.27. The number of likely N-dealkylation sites (N-methyl/N-ethyl adjacent to an activating group) is 1. The fourth-order valence-corrected chi connectivity index (χ4v) is 4.92. The van der Waals surface area contributed by atoms with Gasteiger partial charge in [0.05, 0.1) is 17.0 Å². The summed E-state index contributed by atoms with van der Waals surface area (Å²) in [6, 6.07) is 6.78. The first kappa shape index (κ1) is 18.8. The molecular formula is C18H23N3O4S. The molecule has 0 aliphatic heterocycles. The molecule has 1 aliphatic carbocycles. The number of hydrogen-bond acceptors (Lipinski definition) is 5. The number of carbonyl (C=O) groups is 1. The lowest BCUT2D eigenvalue weighted by atomic mass is 9.86. The zero-order valence-corrected chi connectivity index (χ0v) is 15.7. The molecule has 1 aromatic heterocycles. The summed E-state index contributed by atoms with van der Waals surface area (Å²) >= 11 is 0. The number of carboxylic acids is 1. The van der Waals surface area contributed by atoms with Crippen molar-refractivity contribution in [3.63, 3.8) is 0 Å². The van der Waals surface area contributed by atoms with Crippen LogP contribution >= 0.6 is 0 Å². The van der Waals surface area contributed by atoms with E-state index in [1.54, 1.807) is 30.5 Å². The number of nitrogens with zero attached hydrogens (tertiary/aromatic N) is 2. The second-order valence-corrected chi connectivity index (χ2v) is 8.36. The summed E-state index contributed by atoms with van der Waals surface area (Å²) in [5.74, 6) is -0.866. The monoisotopic (exact) mass is 377 g/mol. The van der Waals surface area contributed by atoms with E-state index < -0.39 is 16.0 Å². The zero-order chi connectivity index (χ0) is 18.9. The molecule has 0 unspecified atom stereocenters. The average molecular weight is 377 g/mol. The fraction of sp³-hybridized carbons (Fsp3) is 0.444. The van der Waals surface area contributed by atoms with E-state index in [1.165, 1.54) is 0 Å². The summed E-state index contributed by atoms with van der Waals surface area (Å²) in [6.45, 7) is 4.42. The average Bonchev–Trinajstić information content (AvgIpc) is 2.56. The number of sulfonamides is 1. The molecule has 1 saturated carbocycles. The number of rotatable bonds is 7. The van der Waals surface area contributed by atoms with Crippen molar-refractivity contribution in [2.45, 2.75) is 43.7 Å². The van der Waals surface area contributed by atoms with Crippen molar-refractivity contribution in [3.8, 4) is 0 Å². The van der Waals surface area contributed by atoms with Gasteiger partial charge in [-0.25, -0.2) is 13.1 Å². The Morgan fingerprint density at radius 1 is 1.35 bits per heavy atom. The van der Waals surface area contributed by atoms with E-state index in [9.17, 15) is 13.2 Å². The van der Waals surface area contributed by atoms with E-state index in [0.717, 1.165) is 5.56 Å². The Bertz CT molecular complexity index is 923. The lowest BCUT2D eigenvalue weighted by Crippen LogP contribution is -2.54. The van der Waals surface area contributed by atoms with Gasteiger partial charge in [-0.15, -0.1) is 0 Å². The minimum atomic E-state index is -3.67. The highest BCUT2D eigenvalue weighted by molar-refractivity contribution is 7.89. The maximum absolute atomic E-state index is 12.8. The summed E-state index contributed by atoms with van der Waals surface area (Å²) in [7, 11) is -3.67. The molecule has 140 valence electrons. The second kappa shape index (κ2) is 7.30. The lowest BCUT2D eigenvalue weighted by Gasteiger charge is -2.42. The SMILES string of the molecule is CCN(CC(=O)O)C1CC(NS(=O)(=O)c2ccc(C)c3ncccc23)C1. The zero-order valence-electron chi connectivity index (χ0n) is 14.8. The summed E-state index contributed by atoms with van der Waals surface area (Å²) in [6.07, 6.45) is 2.88. The number of hydrogen-bond donors (Lipinski definition) is 2. The molecule has 3 rings (SSSR count). The summed E-state index contributed by atoms with van der Waals surface area (Å²) in [5.41, 5.74) is 1.61. The van der Waals surface area contributed by atoms with E-state index in [-0.39, 0.29) is 23.5 Å². The molecule has 1 heterocycles. The molecule has 0 saturated heterocycles. The molecule has 0 atom stereocenters. The van der Waals surface area contributed by atoms with E-state index in [0.29, 0.717) is 30.3 Å². The molecule has 8 heteroatoms. The molecule has 0 radical (unpaired) electrons. The number of pyridine rings is 1. The molecule has 2 aromatic rings. The molecule has 1 fully saturated rings. The summed E-state index contributed by atoms with van der Waals surface area (Å²) < 4.78 is 28.4. The van der Waals surface area contributed by atoms with Crippen molar-refractivity contribution in [1.29, 1.82) is 0 Å². The van der Waals surface area contributed by atoms with E-state index in [2.05, 4.69) is 9.71 Å². The third-order valence-corrected chi connectivity index (χ3v) is 6.50. The van der Waals surface area contributed by atoms with Gasteiger partial charge in [-0.3, -0.25) is 14.7 Å². The van der Waals surface area contributed by atoms with Gasteiger partial charge in [0.2, 0.25) is 10.0 Å². The largest absolute Gasteiger partial charge is 0.480 e. The molecular weight excluding hydrogens is 354 g/mol. The highest BCUT2D eigenvalue weighted by atomic mass is 32.2. The van der Waals surface area contributed by atoms with Crippen LogP contribution in [0.4, 0.5) is 0 Å². The van der Waals surface area contributed by atoms with Crippen LogP contribution in [0.3, 0.4) is 0 Å². The number of nitrogens with one attached hydrogen (secondary N) is 1. The van der Waals surface area contributed by atoms with Crippen molar-refractivity contribution in [2.75, 3.05) is 13.1 Å². The van der Waals surface area contributed by atoms with Crippen LogP contribution in [0.15, 0.2) is 35.4 Å². The molecule has 7 nitrogen and oxygen atoms in total. The molecule has 2 N–H and O–H groups in total. The van der Waals surface area contributed by atoms with Gasteiger partial charge in [-0.2, -0.15) is 0 Å². The Morgan fingerprint density at radius 3 is 2.73 bits per heavy atom. The third-order valence-electron chi connectivity index (χ3n) is 4.92. The normalized spacial score (nSPS) is 20.3. The van der Waals surface area contributed by atoms with Gasteiger partial charge in [0.1, 0.15) is 0 Å². The maximum Gasteiger partial charge on any atom is 0.317 e. The Labute approximate surface area is 153 Å². The smallest absolute Gasteiger partial charge is 0.317 e. The van der Waals surface area contributed by atoms with Crippen LogP contribution in [0, 0.1) is 6.92 Å². The van der Waals surface area contributed by atoms with Crippen LogP contribution in [0.2, 0.25) is 0 Å². The second-order valence-electron chi connectivity index (χ2n) is 6.68. The first-order chi connectivity index (χ1) is 12.3. The van der Waals surface area contributed by atoms with Crippen LogP contribution in [0.1, 0.15) is 25.3 Å².